The number of pyridine rings is 2. The number of nitrogens with zero attached hydrogens (tertiary/aromatic N) is 4. The Labute approximate surface area is 206 Å². The van der Waals surface area contributed by atoms with Gasteiger partial charge in [-0.2, -0.15) is 0 Å². The average Bonchev–Trinajstić information content (AvgIpc) is 3.31. The van der Waals surface area contributed by atoms with Crippen molar-refractivity contribution in [3.8, 4) is 5.69 Å². The summed E-state index contributed by atoms with van der Waals surface area (Å²) in [4.78, 5) is 11.3. The van der Waals surface area contributed by atoms with Crippen LogP contribution in [0.2, 0.25) is 0 Å². The minimum Gasteiger partial charge on any atom is -0.352 e. The van der Waals surface area contributed by atoms with Crippen LogP contribution in [-0.4, -0.2) is 24.5 Å². The molecule has 0 saturated carbocycles. The maximum absolute atomic E-state index is 5.87. The van der Waals surface area contributed by atoms with E-state index in [-0.39, 0.29) is 12.1 Å². The van der Waals surface area contributed by atoms with E-state index < -0.39 is 0 Å². The Bertz CT molecular complexity index is 1330. The molecule has 1 aliphatic rings. The van der Waals surface area contributed by atoms with Gasteiger partial charge in [-0.1, -0.05) is 24.3 Å². The van der Waals surface area contributed by atoms with Crippen LogP contribution in [0, 0.1) is 27.7 Å². The van der Waals surface area contributed by atoms with Gasteiger partial charge in [-0.25, -0.2) is 0 Å². The van der Waals surface area contributed by atoms with Gasteiger partial charge in [-0.05, 0) is 92.5 Å². The van der Waals surface area contributed by atoms with E-state index in [0.717, 1.165) is 16.4 Å². The van der Waals surface area contributed by atoms with E-state index in [1.54, 1.807) is 6.20 Å². The quantitative estimate of drug-likeness (QED) is 0.383. The molecule has 1 N–H and O–H groups in total. The minimum atomic E-state index is -0.0436. The van der Waals surface area contributed by atoms with Gasteiger partial charge in [-0.3, -0.25) is 9.97 Å². The van der Waals surface area contributed by atoms with Crippen LogP contribution in [0.1, 0.15) is 51.4 Å². The molecule has 0 unspecified atom stereocenters. The number of thiocarbonyl (C=S) groups is 1. The molecule has 1 aromatic carbocycles. The van der Waals surface area contributed by atoms with Crippen molar-refractivity contribution >= 4 is 17.3 Å². The van der Waals surface area contributed by atoms with Gasteiger partial charge < -0.3 is 14.8 Å². The summed E-state index contributed by atoms with van der Waals surface area (Å²) >= 11 is 5.87. The third kappa shape index (κ3) is 3.99. The summed E-state index contributed by atoms with van der Waals surface area (Å²) in [7, 11) is 0. The van der Waals surface area contributed by atoms with E-state index in [1.165, 1.54) is 33.8 Å². The molecule has 0 aliphatic carbocycles. The molecule has 5 rings (SSSR count). The van der Waals surface area contributed by atoms with E-state index in [4.69, 9.17) is 12.2 Å². The van der Waals surface area contributed by atoms with Crippen molar-refractivity contribution in [1.82, 2.24) is 24.8 Å². The number of hydrogen-bond donors (Lipinski definition) is 1. The first kappa shape index (κ1) is 22.3. The predicted molar refractivity (Wildman–Crippen MR) is 140 cm³/mol. The first-order valence-corrected chi connectivity index (χ1v) is 12.0. The van der Waals surface area contributed by atoms with Gasteiger partial charge in [0, 0.05) is 42.2 Å². The zero-order chi connectivity index (χ0) is 23.8. The molecule has 34 heavy (non-hydrogen) atoms. The highest BCUT2D eigenvalue weighted by atomic mass is 32.1. The normalized spacial score (nSPS) is 17.8. The molecule has 172 valence electrons. The number of nitrogens with one attached hydrogen (secondary N) is 1. The van der Waals surface area contributed by atoms with Crippen molar-refractivity contribution < 1.29 is 0 Å². The zero-order valence-corrected chi connectivity index (χ0v) is 20.8. The molecule has 4 aromatic rings. The Morgan fingerprint density at radius 1 is 0.971 bits per heavy atom. The van der Waals surface area contributed by atoms with E-state index in [1.807, 2.05) is 30.6 Å². The van der Waals surface area contributed by atoms with Crippen LogP contribution in [0.4, 0.5) is 0 Å². The van der Waals surface area contributed by atoms with Crippen molar-refractivity contribution in [3.63, 3.8) is 0 Å². The van der Waals surface area contributed by atoms with Crippen molar-refractivity contribution in [2.75, 3.05) is 0 Å². The van der Waals surface area contributed by atoms with E-state index in [2.05, 4.69) is 88.8 Å². The lowest BCUT2D eigenvalue weighted by Crippen LogP contribution is -2.29. The molecular weight excluding hydrogens is 438 g/mol. The van der Waals surface area contributed by atoms with Gasteiger partial charge in [0.1, 0.15) is 0 Å². The van der Waals surface area contributed by atoms with Crippen molar-refractivity contribution in [3.05, 3.63) is 113 Å². The van der Waals surface area contributed by atoms with Crippen LogP contribution in [0.25, 0.3) is 5.69 Å². The summed E-state index contributed by atoms with van der Waals surface area (Å²) in [5, 5.41) is 4.31. The second kappa shape index (κ2) is 9.03. The average molecular weight is 468 g/mol. The van der Waals surface area contributed by atoms with Crippen molar-refractivity contribution in [2.24, 2.45) is 0 Å². The standard InChI is InChI=1S/C28H29N5S/c1-18-10-11-19(2)25(14-18)33-20(3)15-23(21(33)4)27-26(24-9-5-6-13-30-24)31-28(34)32(27)17-22-8-7-12-29-16-22/h5-16,26-27H,17H2,1-4H3,(H,31,34)/t26-,27-/m1/s1. The summed E-state index contributed by atoms with van der Waals surface area (Å²) in [6.07, 6.45) is 5.56. The van der Waals surface area contributed by atoms with E-state index >= 15 is 0 Å². The molecule has 3 aromatic heterocycles. The van der Waals surface area contributed by atoms with Crippen LogP contribution in [0.5, 0.6) is 0 Å². The van der Waals surface area contributed by atoms with Crippen LogP contribution in [0.3, 0.4) is 0 Å². The number of aryl methyl sites for hydroxylation is 3. The van der Waals surface area contributed by atoms with Crippen molar-refractivity contribution in [2.45, 2.75) is 46.3 Å². The Hall–Kier alpha value is -3.51. The first-order valence-electron chi connectivity index (χ1n) is 11.6. The monoisotopic (exact) mass is 467 g/mol. The third-order valence-electron chi connectivity index (χ3n) is 6.67. The molecule has 1 aliphatic heterocycles. The van der Waals surface area contributed by atoms with Gasteiger partial charge in [0.2, 0.25) is 0 Å². The molecule has 1 fully saturated rings. The highest BCUT2D eigenvalue weighted by Gasteiger charge is 2.41. The fraction of sp³-hybridized carbons (Fsp3) is 0.250. The predicted octanol–water partition coefficient (Wildman–Crippen LogP) is 5.67. The zero-order valence-electron chi connectivity index (χ0n) is 20.0. The fourth-order valence-corrected chi connectivity index (χ4v) is 5.33. The largest absolute Gasteiger partial charge is 0.352 e. The molecule has 0 amide bonds. The van der Waals surface area contributed by atoms with Gasteiger partial charge in [0.25, 0.3) is 0 Å². The molecule has 6 heteroatoms. The molecule has 2 atom stereocenters. The number of benzene rings is 1. The maximum atomic E-state index is 5.87. The first-order chi connectivity index (χ1) is 16.4. The Kier molecular flexibility index (Phi) is 5.92. The second-order valence-electron chi connectivity index (χ2n) is 9.07. The molecule has 0 spiro atoms. The molecule has 0 bridgehead atoms. The van der Waals surface area contributed by atoms with Crippen LogP contribution < -0.4 is 5.32 Å². The van der Waals surface area contributed by atoms with E-state index in [0.29, 0.717) is 6.54 Å². The Morgan fingerprint density at radius 2 is 1.82 bits per heavy atom. The van der Waals surface area contributed by atoms with Crippen LogP contribution >= 0.6 is 12.2 Å². The molecule has 0 radical (unpaired) electrons. The minimum absolute atomic E-state index is 0.00710. The molecular formula is C28H29N5S. The molecule has 4 heterocycles. The summed E-state index contributed by atoms with van der Waals surface area (Å²) in [6.45, 7) is 9.39. The summed E-state index contributed by atoms with van der Waals surface area (Å²) in [5.41, 5.74) is 9.53. The Balaban J connectivity index is 1.64. The lowest BCUT2D eigenvalue weighted by molar-refractivity contribution is 0.310. The van der Waals surface area contributed by atoms with Gasteiger partial charge in [0.15, 0.2) is 5.11 Å². The second-order valence-corrected chi connectivity index (χ2v) is 9.45. The SMILES string of the molecule is Cc1ccc(C)c(-n2c(C)cc([C@@H]3[C@@H](c4ccccn4)NC(=S)N3Cc3cccnc3)c2C)c1. The lowest BCUT2D eigenvalue weighted by Gasteiger charge is -2.28. The van der Waals surface area contributed by atoms with E-state index in [9.17, 15) is 0 Å². The third-order valence-corrected chi connectivity index (χ3v) is 7.02. The van der Waals surface area contributed by atoms with Gasteiger partial charge in [0.05, 0.1) is 17.8 Å². The highest BCUT2D eigenvalue weighted by Crippen LogP contribution is 2.42. The smallest absolute Gasteiger partial charge is 0.170 e. The topological polar surface area (TPSA) is 46.0 Å². The molecule has 5 nitrogen and oxygen atoms in total. The van der Waals surface area contributed by atoms with Crippen molar-refractivity contribution in [1.29, 1.82) is 0 Å². The summed E-state index contributed by atoms with van der Waals surface area (Å²) in [5.74, 6) is 0. The summed E-state index contributed by atoms with van der Waals surface area (Å²) < 4.78 is 2.37. The molecule has 1 saturated heterocycles. The lowest BCUT2D eigenvalue weighted by atomic mass is 9.96. The van der Waals surface area contributed by atoms with Crippen LogP contribution in [-0.2, 0) is 6.54 Å². The van der Waals surface area contributed by atoms with Gasteiger partial charge in [-0.15, -0.1) is 0 Å². The Morgan fingerprint density at radius 3 is 2.56 bits per heavy atom. The number of hydrogen-bond acceptors (Lipinski definition) is 3. The summed E-state index contributed by atoms with van der Waals surface area (Å²) in [6, 6.07) is 19.0. The van der Waals surface area contributed by atoms with Crippen LogP contribution in [0.15, 0.2) is 73.2 Å². The van der Waals surface area contributed by atoms with Gasteiger partial charge >= 0.3 is 0 Å². The number of rotatable bonds is 5. The fourth-order valence-electron chi connectivity index (χ4n) is 5.02. The number of aromatic nitrogens is 3. The highest BCUT2D eigenvalue weighted by molar-refractivity contribution is 7.80. The maximum Gasteiger partial charge on any atom is 0.170 e.